The number of aryl methyl sites for hydroxylation is 1. The lowest BCUT2D eigenvalue weighted by Gasteiger charge is -2.16. The fraction of sp³-hybridized carbons (Fsp3) is 0.154. The molecule has 10 heteroatoms. The Hall–Kier alpha value is -2.39. The number of halogens is 1. The molecule has 122 valence electrons. The van der Waals surface area contributed by atoms with E-state index >= 15 is 0 Å². The molecule has 0 saturated carbocycles. The minimum atomic E-state index is -3.92. The molecule has 0 radical (unpaired) electrons. The van der Waals surface area contributed by atoms with Crippen LogP contribution in [-0.2, 0) is 10.0 Å². The maximum atomic E-state index is 12.3. The maximum Gasteiger partial charge on any atom is 0.412 e. The molecule has 0 aliphatic heterocycles. The number of pyridine rings is 2. The molecular weight excluding hydrogens is 344 g/mol. The van der Waals surface area contributed by atoms with Gasteiger partial charge in [-0.1, -0.05) is 11.6 Å². The van der Waals surface area contributed by atoms with Gasteiger partial charge in [0.05, 0.1) is 11.9 Å². The highest BCUT2D eigenvalue weighted by Gasteiger charge is 2.20. The molecule has 8 nitrogen and oxygen atoms in total. The van der Waals surface area contributed by atoms with Crippen molar-refractivity contribution in [3.63, 3.8) is 0 Å². The SMILES string of the molecule is Cc1cc(NS(=O)(=O)c2cccnc2Cl)cnc1N(C)C(=O)O. The van der Waals surface area contributed by atoms with E-state index in [2.05, 4.69) is 14.7 Å². The van der Waals surface area contributed by atoms with Gasteiger partial charge in [0, 0.05) is 13.2 Å². The number of aromatic nitrogens is 2. The largest absolute Gasteiger partial charge is 0.465 e. The number of hydrogen-bond donors (Lipinski definition) is 2. The van der Waals surface area contributed by atoms with Gasteiger partial charge in [0.25, 0.3) is 10.0 Å². The van der Waals surface area contributed by atoms with Crippen LogP contribution in [0.2, 0.25) is 5.15 Å². The topological polar surface area (TPSA) is 112 Å². The molecular formula is C13H13ClN4O4S. The lowest BCUT2D eigenvalue weighted by atomic mass is 10.2. The van der Waals surface area contributed by atoms with Crippen LogP contribution in [0.4, 0.5) is 16.3 Å². The van der Waals surface area contributed by atoms with E-state index in [9.17, 15) is 13.2 Å². The summed E-state index contributed by atoms with van der Waals surface area (Å²) in [7, 11) is -2.58. The molecule has 23 heavy (non-hydrogen) atoms. The van der Waals surface area contributed by atoms with Crippen LogP contribution in [0.3, 0.4) is 0 Å². The summed E-state index contributed by atoms with van der Waals surface area (Å²) in [4.78, 5) is 19.4. The van der Waals surface area contributed by atoms with Gasteiger partial charge >= 0.3 is 6.09 Å². The van der Waals surface area contributed by atoms with Crippen molar-refractivity contribution in [1.29, 1.82) is 0 Å². The third kappa shape index (κ3) is 3.69. The van der Waals surface area contributed by atoms with Crippen molar-refractivity contribution in [1.82, 2.24) is 9.97 Å². The first-order valence-electron chi connectivity index (χ1n) is 6.29. The average Bonchev–Trinajstić information content (AvgIpc) is 2.46. The molecule has 0 unspecified atom stereocenters. The quantitative estimate of drug-likeness (QED) is 0.813. The number of sulfonamides is 1. The molecule has 2 heterocycles. The van der Waals surface area contributed by atoms with Crippen LogP contribution in [0.15, 0.2) is 35.5 Å². The number of carbonyl (C=O) groups is 1. The van der Waals surface area contributed by atoms with Crippen molar-refractivity contribution in [2.24, 2.45) is 0 Å². The second-order valence-corrected chi connectivity index (χ2v) is 6.61. The first-order valence-corrected chi connectivity index (χ1v) is 8.15. The van der Waals surface area contributed by atoms with E-state index < -0.39 is 16.1 Å². The molecule has 0 aromatic carbocycles. The van der Waals surface area contributed by atoms with Crippen LogP contribution in [0, 0.1) is 6.92 Å². The van der Waals surface area contributed by atoms with Crippen molar-refractivity contribution in [2.75, 3.05) is 16.7 Å². The standard InChI is InChI=1S/C13H13ClN4O4S/c1-8-6-9(7-16-12(8)18(2)13(19)20)17-23(21,22)10-4-3-5-15-11(10)14/h3-7,17H,1-2H3,(H,19,20). The lowest BCUT2D eigenvalue weighted by molar-refractivity contribution is 0.203. The van der Waals surface area contributed by atoms with Gasteiger partial charge in [0.15, 0.2) is 0 Å². The number of nitrogens with one attached hydrogen (secondary N) is 1. The summed E-state index contributed by atoms with van der Waals surface area (Å²) in [6.45, 7) is 1.62. The molecule has 2 aromatic rings. The average molecular weight is 357 g/mol. The summed E-state index contributed by atoms with van der Waals surface area (Å²) in [6, 6.07) is 4.25. The monoisotopic (exact) mass is 356 g/mol. The van der Waals surface area contributed by atoms with E-state index in [1.165, 1.54) is 37.6 Å². The number of nitrogens with zero attached hydrogens (tertiary/aromatic N) is 3. The van der Waals surface area contributed by atoms with E-state index in [4.69, 9.17) is 16.7 Å². The predicted octanol–water partition coefficient (Wildman–Crippen LogP) is 2.35. The zero-order valence-corrected chi connectivity index (χ0v) is 13.8. The second-order valence-electron chi connectivity index (χ2n) is 4.60. The Kier molecular flexibility index (Phi) is 4.71. The molecule has 0 saturated heterocycles. The van der Waals surface area contributed by atoms with Gasteiger partial charge in [-0.05, 0) is 30.7 Å². The molecule has 0 bridgehead atoms. The van der Waals surface area contributed by atoms with Gasteiger partial charge in [0.2, 0.25) is 0 Å². The van der Waals surface area contributed by atoms with Crippen molar-refractivity contribution >= 4 is 39.2 Å². The zero-order chi connectivity index (χ0) is 17.2. The Morgan fingerprint density at radius 1 is 1.39 bits per heavy atom. The number of rotatable bonds is 4. The van der Waals surface area contributed by atoms with Gasteiger partial charge < -0.3 is 5.11 Å². The zero-order valence-electron chi connectivity index (χ0n) is 12.2. The van der Waals surface area contributed by atoms with E-state index in [-0.39, 0.29) is 21.6 Å². The fourth-order valence-electron chi connectivity index (χ4n) is 1.85. The molecule has 2 rings (SSSR count). The third-order valence-corrected chi connectivity index (χ3v) is 4.75. The highest BCUT2D eigenvalue weighted by atomic mass is 35.5. The first-order chi connectivity index (χ1) is 10.7. The molecule has 0 fully saturated rings. The van der Waals surface area contributed by atoms with Crippen LogP contribution in [0.5, 0.6) is 0 Å². The Labute approximate surface area is 137 Å². The number of amides is 1. The highest BCUT2D eigenvalue weighted by molar-refractivity contribution is 7.92. The fourth-order valence-corrected chi connectivity index (χ4v) is 3.34. The van der Waals surface area contributed by atoms with Gasteiger partial charge in [-0.2, -0.15) is 0 Å². The van der Waals surface area contributed by atoms with E-state index in [1.807, 2.05) is 0 Å². The van der Waals surface area contributed by atoms with Gasteiger partial charge in [-0.3, -0.25) is 9.62 Å². The van der Waals surface area contributed by atoms with Crippen molar-refractivity contribution in [3.05, 3.63) is 41.3 Å². The molecule has 2 aromatic heterocycles. The van der Waals surface area contributed by atoms with E-state index in [1.54, 1.807) is 6.92 Å². The molecule has 1 amide bonds. The molecule has 0 aliphatic rings. The second kappa shape index (κ2) is 6.39. The first kappa shape index (κ1) is 17.0. The molecule has 0 aliphatic carbocycles. The van der Waals surface area contributed by atoms with Gasteiger partial charge in [0.1, 0.15) is 15.9 Å². The van der Waals surface area contributed by atoms with Crippen molar-refractivity contribution < 1.29 is 18.3 Å². The number of hydrogen-bond acceptors (Lipinski definition) is 5. The Balaban J connectivity index is 2.33. The summed E-state index contributed by atoms with van der Waals surface area (Å²) in [5.41, 5.74) is 0.678. The summed E-state index contributed by atoms with van der Waals surface area (Å²) >= 11 is 5.79. The third-order valence-electron chi connectivity index (χ3n) is 2.92. The van der Waals surface area contributed by atoms with Crippen LogP contribution < -0.4 is 9.62 Å². The highest BCUT2D eigenvalue weighted by Crippen LogP contribution is 2.24. The Morgan fingerprint density at radius 3 is 2.65 bits per heavy atom. The minimum absolute atomic E-state index is 0.146. The summed E-state index contributed by atoms with van der Waals surface area (Å²) in [5.74, 6) is 0.208. The number of carboxylic acid groups (broad SMARTS) is 1. The molecule has 0 atom stereocenters. The lowest BCUT2D eigenvalue weighted by Crippen LogP contribution is -2.25. The summed E-state index contributed by atoms with van der Waals surface area (Å²) in [5, 5.41) is 8.80. The van der Waals surface area contributed by atoms with Crippen molar-refractivity contribution in [2.45, 2.75) is 11.8 Å². The van der Waals surface area contributed by atoms with Crippen molar-refractivity contribution in [3.8, 4) is 0 Å². The predicted molar refractivity (Wildman–Crippen MR) is 85.5 cm³/mol. The van der Waals surface area contributed by atoms with Crippen LogP contribution >= 0.6 is 11.6 Å². The molecule has 0 spiro atoms. The Morgan fingerprint density at radius 2 is 2.09 bits per heavy atom. The summed E-state index contributed by atoms with van der Waals surface area (Å²) < 4.78 is 26.9. The van der Waals surface area contributed by atoms with Gasteiger partial charge in [-0.15, -0.1) is 0 Å². The minimum Gasteiger partial charge on any atom is -0.465 e. The maximum absolute atomic E-state index is 12.3. The smallest absolute Gasteiger partial charge is 0.412 e. The Bertz CT molecular complexity index is 857. The van der Waals surface area contributed by atoms with Gasteiger partial charge in [-0.25, -0.2) is 23.2 Å². The normalized spacial score (nSPS) is 11.1. The van der Waals surface area contributed by atoms with Crippen LogP contribution in [-0.4, -0.2) is 36.6 Å². The van der Waals surface area contributed by atoms with Crippen LogP contribution in [0.25, 0.3) is 0 Å². The van der Waals surface area contributed by atoms with E-state index in [0.717, 1.165) is 4.90 Å². The number of anilines is 2. The van der Waals surface area contributed by atoms with E-state index in [0.29, 0.717) is 5.56 Å². The van der Waals surface area contributed by atoms with Crippen LogP contribution in [0.1, 0.15) is 5.56 Å². The molecule has 2 N–H and O–H groups in total. The summed E-state index contributed by atoms with van der Waals surface area (Å²) in [6.07, 6.45) is 1.43.